The van der Waals surface area contributed by atoms with E-state index in [0.29, 0.717) is 49.2 Å². The van der Waals surface area contributed by atoms with E-state index in [-0.39, 0.29) is 64.2 Å². The Labute approximate surface area is 340 Å². The van der Waals surface area contributed by atoms with Crippen LogP contribution in [-0.4, -0.2) is 75.9 Å². The Morgan fingerprint density at radius 1 is 0.947 bits per heavy atom. The van der Waals surface area contributed by atoms with E-state index in [1.165, 1.54) is 11.1 Å². The van der Waals surface area contributed by atoms with E-state index in [4.69, 9.17) is 0 Å². The van der Waals surface area contributed by atoms with Crippen LogP contribution in [0.2, 0.25) is 0 Å². The number of hydrogen-bond acceptors (Lipinski definition) is 5. The van der Waals surface area contributed by atoms with Gasteiger partial charge in [0.2, 0.25) is 11.8 Å². The Bertz CT molecular complexity index is 1890. The second-order valence-electron chi connectivity index (χ2n) is 21.0. The summed E-state index contributed by atoms with van der Waals surface area (Å²) in [6.07, 6.45) is 13.5. The first-order valence-corrected chi connectivity index (χ1v) is 22.5. The molecule has 4 saturated carbocycles. The molecule has 1 aromatic rings. The molecule has 0 unspecified atom stereocenters. The number of aliphatic hydroxyl groups is 1. The fraction of sp³-hybridized carbons (Fsp3) is 0.714. The molecule has 0 radical (unpaired) electrons. The number of carbonyl (C=O) groups is 4. The Balaban J connectivity index is 1.12. The third kappa shape index (κ3) is 6.14. The van der Waals surface area contributed by atoms with Crippen LogP contribution in [-0.2, 0) is 14.4 Å². The zero-order valence-electron chi connectivity index (χ0n) is 35.8. The molecule has 2 N–H and O–H groups in total. The van der Waals surface area contributed by atoms with Crippen LogP contribution in [0.4, 0.5) is 0 Å². The van der Waals surface area contributed by atoms with Gasteiger partial charge in [0.25, 0.3) is 0 Å². The normalized spacial score (nSPS) is 36.3. The predicted octanol–water partition coefficient (Wildman–Crippen LogP) is 8.97. The molecule has 7 aliphatic rings. The van der Waals surface area contributed by atoms with Gasteiger partial charge in [0, 0.05) is 37.9 Å². The van der Waals surface area contributed by atoms with Gasteiger partial charge < -0.3 is 20.0 Å². The highest BCUT2D eigenvalue weighted by Gasteiger charge is 2.71. The SMILES string of the molecule is CC[C@@]12CC[C@@]3([C@@H](O)CN(CC4CC4)C(=O)CN4CCCC4=O)CC(=O)C(C(C)C)=C3[C@H]1CC[C@@H]1[C@@]3(C)CC=C(c4ccc(C(=O)O)cc4)C(C)(C)[C@H]3CC[C@]12C. The highest BCUT2D eigenvalue weighted by molar-refractivity contribution is 6.01. The molecule has 1 aliphatic heterocycles. The first-order valence-electron chi connectivity index (χ1n) is 22.5. The Morgan fingerprint density at radius 3 is 2.28 bits per heavy atom. The fourth-order valence-corrected chi connectivity index (χ4v) is 15.0. The number of carbonyl (C=O) groups excluding carboxylic acids is 3. The molecule has 57 heavy (non-hydrogen) atoms. The van der Waals surface area contributed by atoms with E-state index < -0.39 is 17.5 Å². The average Bonchev–Trinajstić information content (AvgIpc) is 3.80. The van der Waals surface area contributed by atoms with E-state index in [2.05, 4.69) is 54.5 Å². The lowest BCUT2D eigenvalue weighted by molar-refractivity contribution is -0.208. The Hall–Kier alpha value is -3.26. The first-order chi connectivity index (χ1) is 26.9. The zero-order chi connectivity index (χ0) is 40.9. The van der Waals surface area contributed by atoms with Crippen LogP contribution >= 0.6 is 0 Å². The molecule has 8 nitrogen and oxygen atoms in total. The van der Waals surface area contributed by atoms with Gasteiger partial charge in [-0.3, -0.25) is 14.4 Å². The van der Waals surface area contributed by atoms with Gasteiger partial charge in [-0.2, -0.15) is 0 Å². The number of nitrogens with zero attached hydrogens (tertiary/aromatic N) is 2. The third-order valence-electron chi connectivity index (χ3n) is 17.9. The van der Waals surface area contributed by atoms with Crippen molar-refractivity contribution in [1.82, 2.24) is 9.80 Å². The van der Waals surface area contributed by atoms with Gasteiger partial charge in [0.05, 0.1) is 18.2 Å². The van der Waals surface area contributed by atoms with Crippen LogP contribution < -0.4 is 0 Å². The molecule has 0 aromatic heterocycles. The molecule has 1 heterocycles. The quantitative estimate of drug-likeness (QED) is 0.232. The highest BCUT2D eigenvalue weighted by Crippen LogP contribution is 2.78. The maximum absolute atomic E-state index is 14.4. The number of carboxylic acid groups (broad SMARTS) is 1. The summed E-state index contributed by atoms with van der Waals surface area (Å²) in [5.41, 5.74) is 4.35. The number of Topliss-reactive ketones (excluding diaryl/α,β-unsaturated/α-hetero) is 1. The summed E-state index contributed by atoms with van der Waals surface area (Å²) in [4.78, 5) is 56.0. The molecule has 0 bridgehead atoms. The van der Waals surface area contributed by atoms with Crippen LogP contribution in [0.15, 0.2) is 41.5 Å². The zero-order valence-corrected chi connectivity index (χ0v) is 35.8. The number of rotatable bonds is 11. The number of likely N-dealkylation sites (tertiary alicyclic amines) is 1. The number of aliphatic hydroxyl groups excluding tert-OH is 1. The van der Waals surface area contributed by atoms with Gasteiger partial charge in [0.15, 0.2) is 5.78 Å². The molecule has 0 spiro atoms. The van der Waals surface area contributed by atoms with E-state index >= 15 is 0 Å². The molecule has 8 atom stereocenters. The summed E-state index contributed by atoms with van der Waals surface area (Å²) < 4.78 is 0. The van der Waals surface area contributed by atoms with Gasteiger partial charge in [-0.05, 0) is 151 Å². The molecule has 8 rings (SSSR count). The average molecular weight is 781 g/mol. The van der Waals surface area contributed by atoms with Gasteiger partial charge in [-0.1, -0.05) is 72.2 Å². The maximum atomic E-state index is 14.4. The summed E-state index contributed by atoms with van der Waals surface area (Å²) >= 11 is 0. The predicted molar refractivity (Wildman–Crippen MR) is 222 cm³/mol. The first kappa shape index (κ1) is 40.5. The molecule has 2 amide bonds. The van der Waals surface area contributed by atoms with Crippen molar-refractivity contribution >= 4 is 29.1 Å². The Morgan fingerprint density at radius 2 is 1.67 bits per heavy atom. The summed E-state index contributed by atoms with van der Waals surface area (Å²) in [7, 11) is 0. The summed E-state index contributed by atoms with van der Waals surface area (Å²) in [6.45, 7) is 18.2. The highest BCUT2D eigenvalue weighted by atomic mass is 16.4. The lowest BCUT2D eigenvalue weighted by atomic mass is 9.32. The lowest BCUT2D eigenvalue weighted by Gasteiger charge is -2.72. The topological polar surface area (TPSA) is 115 Å². The van der Waals surface area contributed by atoms with E-state index in [1.807, 2.05) is 17.0 Å². The number of carboxylic acids is 1. The van der Waals surface area contributed by atoms with E-state index in [0.717, 1.165) is 81.8 Å². The molecule has 1 saturated heterocycles. The lowest BCUT2D eigenvalue weighted by Crippen LogP contribution is -2.65. The summed E-state index contributed by atoms with van der Waals surface area (Å²) in [5.74, 6) is 0.949. The largest absolute Gasteiger partial charge is 0.478 e. The Kier molecular flexibility index (Phi) is 10.1. The van der Waals surface area contributed by atoms with Crippen LogP contribution in [0.25, 0.3) is 5.57 Å². The second kappa shape index (κ2) is 14.2. The smallest absolute Gasteiger partial charge is 0.335 e. The molecule has 6 aliphatic carbocycles. The summed E-state index contributed by atoms with van der Waals surface area (Å²) in [5, 5.41) is 22.2. The number of fused-ring (bicyclic) bond motifs is 7. The van der Waals surface area contributed by atoms with Crippen molar-refractivity contribution in [2.24, 2.45) is 56.7 Å². The molecule has 1 aromatic carbocycles. The summed E-state index contributed by atoms with van der Waals surface area (Å²) in [6, 6.07) is 7.45. The molecular weight excluding hydrogens is 713 g/mol. The number of aromatic carboxylic acids is 1. The third-order valence-corrected chi connectivity index (χ3v) is 17.9. The standard InChI is InChI=1S/C49H68N2O6/c1-8-49-24-23-48(39(53)28-51(27-31-11-12-31)41(55)29-50-25-9-10-40(50)54)26-36(52)42(30(2)3)43(48)35(49)17-18-38-46(6)21-19-34(32-13-15-33(16-14-32)44(56)57)45(4,5)37(46)20-22-47(38,49)7/h13-16,19,30-31,35,37-39,53H,8-12,17-18,20-29H2,1-7H3,(H,56,57)/t35-,37-,38-,39+,46+,47-,48+,49-/m1/s1. The number of allylic oxidation sites excluding steroid dienone is 3. The van der Waals surface area contributed by atoms with Gasteiger partial charge in [0.1, 0.15) is 0 Å². The van der Waals surface area contributed by atoms with Crippen molar-refractivity contribution in [3.05, 3.63) is 52.6 Å². The fourth-order valence-electron chi connectivity index (χ4n) is 15.0. The minimum atomic E-state index is -0.900. The van der Waals surface area contributed by atoms with Crippen molar-refractivity contribution in [2.75, 3.05) is 26.2 Å². The van der Waals surface area contributed by atoms with Gasteiger partial charge in [-0.15, -0.1) is 0 Å². The van der Waals surface area contributed by atoms with Crippen molar-refractivity contribution in [2.45, 2.75) is 138 Å². The van der Waals surface area contributed by atoms with Gasteiger partial charge in [-0.25, -0.2) is 4.79 Å². The molecule has 5 fully saturated rings. The number of hydrogen-bond donors (Lipinski definition) is 2. The number of ketones is 1. The molecule has 310 valence electrons. The monoisotopic (exact) mass is 781 g/mol. The van der Waals surface area contributed by atoms with Crippen molar-refractivity contribution in [3.8, 4) is 0 Å². The minimum Gasteiger partial charge on any atom is -0.478 e. The van der Waals surface area contributed by atoms with E-state index in [1.54, 1.807) is 17.0 Å². The maximum Gasteiger partial charge on any atom is 0.335 e. The van der Waals surface area contributed by atoms with E-state index in [9.17, 15) is 29.4 Å². The van der Waals surface area contributed by atoms with Gasteiger partial charge >= 0.3 is 5.97 Å². The number of benzene rings is 1. The van der Waals surface area contributed by atoms with Crippen LogP contribution in [0, 0.1) is 56.7 Å². The van der Waals surface area contributed by atoms with Crippen LogP contribution in [0.5, 0.6) is 0 Å². The molecular formula is C49H68N2O6. The van der Waals surface area contributed by atoms with Crippen molar-refractivity contribution < 1.29 is 29.4 Å². The minimum absolute atomic E-state index is 0.00631. The van der Waals surface area contributed by atoms with Crippen molar-refractivity contribution in [1.29, 1.82) is 0 Å². The van der Waals surface area contributed by atoms with Crippen molar-refractivity contribution in [3.63, 3.8) is 0 Å². The van der Waals surface area contributed by atoms with Crippen LogP contribution in [0.1, 0.15) is 148 Å². The molecule has 8 heteroatoms. The van der Waals surface area contributed by atoms with Crippen LogP contribution in [0.3, 0.4) is 0 Å². The number of amides is 2. The second-order valence-corrected chi connectivity index (χ2v) is 21.0.